The zero-order valence-electron chi connectivity index (χ0n) is 11.8. The molecule has 1 aromatic rings. The molecule has 0 bridgehead atoms. The molecule has 20 heavy (non-hydrogen) atoms. The van der Waals surface area contributed by atoms with Crippen molar-refractivity contribution < 1.29 is 18.3 Å². The number of sulfonamides is 1. The van der Waals surface area contributed by atoms with E-state index in [1.54, 1.807) is 12.1 Å². The molecule has 1 aromatic carbocycles. The monoisotopic (exact) mass is 297 g/mol. The number of rotatable bonds is 5. The number of carboxylic acids is 1. The molecule has 0 aliphatic heterocycles. The molecule has 0 aliphatic carbocycles. The smallest absolute Gasteiger partial charge is 0.328 e. The number of carbonyl (C=O) groups is 1. The first-order valence-electron chi connectivity index (χ1n) is 6.11. The van der Waals surface area contributed by atoms with E-state index in [4.69, 9.17) is 5.11 Å². The summed E-state index contributed by atoms with van der Waals surface area (Å²) in [4.78, 5) is 10.5. The molecule has 0 spiro atoms. The first-order valence-corrected chi connectivity index (χ1v) is 7.59. The lowest BCUT2D eigenvalue weighted by molar-refractivity contribution is -0.131. The summed E-state index contributed by atoms with van der Waals surface area (Å²) < 4.78 is 26.6. The zero-order chi connectivity index (χ0) is 15.4. The van der Waals surface area contributed by atoms with Gasteiger partial charge >= 0.3 is 5.97 Å². The Morgan fingerprint density at radius 2 is 1.80 bits per heavy atom. The molecule has 0 amide bonds. The Labute approximate surface area is 119 Å². The van der Waals surface area contributed by atoms with Crippen molar-refractivity contribution >= 4 is 22.1 Å². The number of hydrogen-bond donors (Lipinski definition) is 2. The lowest BCUT2D eigenvalue weighted by atomic mass is 9.98. The van der Waals surface area contributed by atoms with Gasteiger partial charge in [-0.05, 0) is 29.2 Å². The van der Waals surface area contributed by atoms with Gasteiger partial charge in [0.2, 0.25) is 10.0 Å². The fourth-order valence-electron chi connectivity index (χ4n) is 1.32. The van der Waals surface area contributed by atoms with Gasteiger partial charge in [-0.25, -0.2) is 17.9 Å². The van der Waals surface area contributed by atoms with Crippen molar-refractivity contribution in [1.29, 1.82) is 0 Å². The third kappa shape index (κ3) is 5.54. The molecule has 0 radical (unpaired) electrons. The molecular weight excluding hydrogens is 278 g/mol. The second-order valence-corrected chi connectivity index (χ2v) is 7.39. The summed E-state index contributed by atoms with van der Waals surface area (Å²) in [6.45, 7) is 6.16. The van der Waals surface area contributed by atoms with E-state index in [0.29, 0.717) is 12.1 Å². The van der Waals surface area contributed by atoms with Crippen LogP contribution in [-0.2, 0) is 14.8 Å². The molecular formula is C14H19NO4S. The molecule has 0 unspecified atom stereocenters. The van der Waals surface area contributed by atoms with Crippen molar-refractivity contribution in [3.05, 3.63) is 35.9 Å². The Balaban J connectivity index is 2.84. The number of aliphatic carboxylic acids is 1. The maximum Gasteiger partial charge on any atom is 0.328 e. The van der Waals surface area contributed by atoms with Gasteiger partial charge in [-0.2, -0.15) is 0 Å². The van der Waals surface area contributed by atoms with Crippen LogP contribution in [0, 0.1) is 5.41 Å². The quantitative estimate of drug-likeness (QED) is 0.815. The summed E-state index contributed by atoms with van der Waals surface area (Å²) in [6.07, 6.45) is 2.41. The fraction of sp³-hybridized carbons (Fsp3) is 0.357. The first-order chi connectivity index (χ1) is 9.10. The first kappa shape index (κ1) is 16.4. The van der Waals surface area contributed by atoms with E-state index in [-0.39, 0.29) is 10.3 Å². The van der Waals surface area contributed by atoms with Crippen LogP contribution >= 0.6 is 0 Å². The van der Waals surface area contributed by atoms with Crippen molar-refractivity contribution in [2.24, 2.45) is 5.41 Å². The van der Waals surface area contributed by atoms with Gasteiger partial charge in [0.25, 0.3) is 0 Å². The molecule has 0 atom stereocenters. The van der Waals surface area contributed by atoms with E-state index in [0.717, 1.165) is 6.08 Å². The largest absolute Gasteiger partial charge is 0.478 e. The average Bonchev–Trinajstić information content (AvgIpc) is 2.34. The SMILES string of the molecule is CC(C)(C)CNS(=O)(=O)c1ccc(/C=C/C(=O)O)cc1. The second kappa shape index (κ2) is 6.19. The van der Waals surface area contributed by atoms with Crippen LogP contribution in [0.3, 0.4) is 0 Å². The lowest BCUT2D eigenvalue weighted by Gasteiger charge is -2.18. The summed E-state index contributed by atoms with van der Waals surface area (Å²) >= 11 is 0. The summed E-state index contributed by atoms with van der Waals surface area (Å²) in [5.41, 5.74) is 0.485. The number of carboxylic acid groups (broad SMARTS) is 1. The summed E-state index contributed by atoms with van der Waals surface area (Å²) in [6, 6.07) is 6.02. The van der Waals surface area contributed by atoms with E-state index >= 15 is 0 Å². The minimum absolute atomic E-state index is 0.142. The summed E-state index contributed by atoms with van der Waals surface area (Å²) in [5.74, 6) is -1.05. The third-order valence-corrected chi connectivity index (χ3v) is 3.82. The fourth-order valence-corrected chi connectivity index (χ4v) is 2.60. The lowest BCUT2D eigenvalue weighted by Crippen LogP contribution is -2.32. The van der Waals surface area contributed by atoms with Crippen LogP contribution in [0.1, 0.15) is 26.3 Å². The van der Waals surface area contributed by atoms with E-state index in [2.05, 4.69) is 4.72 Å². The normalized spacial score (nSPS) is 12.8. The van der Waals surface area contributed by atoms with Gasteiger partial charge < -0.3 is 5.11 Å². The molecule has 0 aromatic heterocycles. The highest BCUT2D eigenvalue weighted by atomic mass is 32.2. The Morgan fingerprint density at radius 1 is 1.25 bits per heavy atom. The molecule has 0 aliphatic rings. The molecule has 0 fully saturated rings. The third-order valence-electron chi connectivity index (χ3n) is 2.40. The van der Waals surface area contributed by atoms with Crippen LogP contribution in [0.5, 0.6) is 0 Å². The molecule has 0 saturated heterocycles. The van der Waals surface area contributed by atoms with Crippen molar-refractivity contribution in [2.75, 3.05) is 6.54 Å². The van der Waals surface area contributed by atoms with Gasteiger partial charge in [0.05, 0.1) is 4.90 Å². The van der Waals surface area contributed by atoms with Gasteiger partial charge in [-0.3, -0.25) is 0 Å². The minimum Gasteiger partial charge on any atom is -0.478 e. The van der Waals surface area contributed by atoms with E-state index in [1.165, 1.54) is 18.2 Å². The van der Waals surface area contributed by atoms with Crippen molar-refractivity contribution in [3.63, 3.8) is 0 Å². The minimum atomic E-state index is -3.53. The van der Waals surface area contributed by atoms with Crippen LogP contribution in [-0.4, -0.2) is 26.0 Å². The van der Waals surface area contributed by atoms with E-state index in [1.807, 2.05) is 20.8 Å². The van der Waals surface area contributed by atoms with Gasteiger partial charge in [0, 0.05) is 12.6 Å². The molecule has 0 saturated carbocycles. The van der Waals surface area contributed by atoms with Crippen molar-refractivity contribution in [3.8, 4) is 0 Å². The predicted molar refractivity (Wildman–Crippen MR) is 77.8 cm³/mol. The highest BCUT2D eigenvalue weighted by Gasteiger charge is 2.18. The highest BCUT2D eigenvalue weighted by Crippen LogP contribution is 2.15. The molecule has 0 heterocycles. The Hall–Kier alpha value is -1.66. The Kier molecular flexibility index (Phi) is 5.08. The second-order valence-electron chi connectivity index (χ2n) is 5.63. The van der Waals surface area contributed by atoms with Crippen LogP contribution in [0.15, 0.2) is 35.2 Å². The molecule has 110 valence electrons. The Morgan fingerprint density at radius 3 is 2.25 bits per heavy atom. The highest BCUT2D eigenvalue weighted by molar-refractivity contribution is 7.89. The van der Waals surface area contributed by atoms with Crippen LogP contribution in [0.2, 0.25) is 0 Å². The summed E-state index contributed by atoms with van der Waals surface area (Å²) in [7, 11) is -3.53. The van der Waals surface area contributed by atoms with E-state index in [9.17, 15) is 13.2 Å². The maximum absolute atomic E-state index is 12.0. The Bertz CT molecular complexity index is 595. The predicted octanol–water partition coefficient (Wildman–Crippen LogP) is 2.11. The molecule has 2 N–H and O–H groups in total. The zero-order valence-corrected chi connectivity index (χ0v) is 12.6. The van der Waals surface area contributed by atoms with Gasteiger partial charge in [-0.15, -0.1) is 0 Å². The number of hydrogen-bond acceptors (Lipinski definition) is 3. The van der Waals surface area contributed by atoms with E-state index < -0.39 is 16.0 Å². The summed E-state index contributed by atoms with van der Waals surface area (Å²) in [5, 5.41) is 8.51. The molecule has 1 rings (SSSR count). The number of benzene rings is 1. The van der Waals surface area contributed by atoms with Crippen LogP contribution in [0.4, 0.5) is 0 Å². The van der Waals surface area contributed by atoms with Crippen LogP contribution < -0.4 is 4.72 Å². The molecule has 6 heteroatoms. The topological polar surface area (TPSA) is 83.5 Å². The van der Waals surface area contributed by atoms with Gasteiger partial charge in [-0.1, -0.05) is 32.9 Å². The maximum atomic E-state index is 12.0. The van der Waals surface area contributed by atoms with Gasteiger partial charge in [0.1, 0.15) is 0 Å². The standard InChI is InChI=1S/C14H19NO4S/c1-14(2,3)10-15-20(18,19)12-7-4-11(5-8-12)6-9-13(16)17/h4-9,15H,10H2,1-3H3,(H,16,17)/b9-6+. The van der Waals surface area contributed by atoms with Crippen molar-refractivity contribution in [2.45, 2.75) is 25.7 Å². The van der Waals surface area contributed by atoms with Crippen molar-refractivity contribution in [1.82, 2.24) is 4.72 Å². The average molecular weight is 297 g/mol. The molecule has 5 nitrogen and oxygen atoms in total. The van der Waals surface area contributed by atoms with Gasteiger partial charge in [0.15, 0.2) is 0 Å². The number of nitrogens with one attached hydrogen (secondary N) is 1. The van der Waals surface area contributed by atoms with Crippen LogP contribution in [0.25, 0.3) is 6.08 Å².